The Hall–Kier alpha value is -4.72. The monoisotopic (exact) mass is 483 g/mol. The Bertz CT molecular complexity index is 1600. The van der Waals surface area contributed by atoms with Gasteiger partial charge in [-0.2, -0.15) is 5.10 Å². The van der Waals surface area contributed by atoms with Crippen LogP contribution in [0.5, 0.6) is 0 Å². The molecule has 5 rings (SSSR count). The minimum Gasteiger partial charge on any atom is -0.461 e. The molecule has 0 saturated heterocycles. The van der Waals surface area contributed by atoms with Crippen molar-refractivity contribution in [3.63, 3.8) is 0 Å². The molecule has 0 aliphatic heterocycles. The van der Waals surface area contributed by atoms with E-state index in [4.69, 9.17) is 9.15 Å². The Balaban J connectivity index is 1.52. The summed E-state index contributed by atoms with van der Waals surface area (Å²) in [6.45, 7) is 3.72. The summed E-state index contributed by atoms with van der Waals surface area (Å²) in [4.78, 5) is 25.4. The maximum atomic E-state index is 14.6. The number of esters is 1. The van der Waals surface area contributed by atoms with E-state index in [1.54, 1.807) is 49.4 Å². The standard InChI is InChI=1S/C28H22FN3O4/c1-3-35-28(34)22-16-24(32(31-22)23-13-6-5-12-21(23)29)18-9-8-10-19(15-18)30-27(33)26-17(2)20-11-4-7-14-25(20)36-26/h4-16H,3H2,1-2H3,(H,30,33). The molecule has 180 valence electrons. The maximum Gasteiger partial charge on any atom is 0.358 e. The molecule has 0 atom stereocenters. The van der Waals surface area contributed by atoms with E-state index in [9.17, 15) is 14.0 Å². The number of hydrogen-bond acceptors (Lipinski definition) is 5. The van der Waals surface area contributed by atoms with E-state index < -0.39 is 17.7 Å². The SMILES string of the molecule is CCOC(=O)c1cc(-c2cccc(NC(=O)c3oc4ccccc4c3C)c2)n(-c2ccccc2F)n1. The number of hydrogen-bond donors (Lipinski definition) is 1. The lowest BCUT2D eigenvalue weighted by Crippen LogP contribution is -2.12. The van der Waals surface area contributed by atoms with Gasteiger partial charge in [-0.25, -0.2) is 13.9 Å². The van der Waals surface area contributed by atoms with Gasteiger partial charge in [0.1, 0.15) is 17.1 Å². The molecule has 8 heteroatoms. The summed E-state index contributed by atoms with van der Waals surface area (Å²) in [7, 11) is 0. The number of carbonyl (C=O) groups is 2. The van der Waals surface area contributed by atoms with E-state index in [1.165, 1.54) is 16.8 Å². The molecule has 2 heterocycles. The molecule has 0 unspecified atom stereocenters. The minimum absolute atomic E-state index is 0.0439. The zero-order valence-corrected chi connectivity index (χ0v) is 19.6. The summed E-state index contributed by atoms with van der Waals surface area (Å²) in [6.07, 6.45) is 0. The van der Waals surface area contributed by atoms with E-state index in [0.29, 0.717) is 22.5 Å². The number of para-hydroxylation sites is 2. The Morgan fingerprint density at radius 2 is 1.81 bits per heavy atom. The van der Waals surface area contributed by atoms with Gasteiger partial charge >= 0.3 is 5.97 Å². The molecule has 0 fully saturated rings. The summed E-state index contributed by atoms with van der Waals surface area (Å²) in [5.74, 6) is -1.28. The van der Waals surface area contributed by atoms with Crippen molar-refractivity contribution < 1.29 is 23.1 Å². The summed E-state index contributed by atoms with van der Waals surface area (Å²) < 4.78 is 26.9. The van der Waals surface area contributed by atoms with E-state index in [1.807, 2.05) is 31.2 Å². The number of nitrogens with one attached hydrogen (secondary N) is 1. The molecule has 5 aromatic rings. The topological polar surface area (TPSA) is 86.4 Å². The van der Waals surface area contributed by atoms with Crippen molar-refractivity contribution in [3.05, 3.63) is 102 Å². The quantitative estimate of drug-likeness (QED) is 0.292. The van der Waals surface area contributed by atoms with Crippen LogP contribution in [0.4, 0.5) is 10.1 Å². The molecular weight excluding hydrogens is 461 g/mol. The number of amides is 1. The average Bonchev–Trinajstić information content (AvgIpc) is 3.47. The van der Waals surface area contributed by atoms with Crippen molar-refractivity contribution >= 4 is 28.5 Å². The first-order chi connectivity index (χ1) is 17.5. The second-order valence-electron chi connectivity index (χ2n) is 8.09. The van der Waals surface area contributed by atoms with Crippen LogP contribution in [0.25, 0.3) is 27.9 Å². The Morgan fingerprint density at radius 3 is 2.58 bits per heavy atom. The van der Waals surface area contributed by atoms with Crippen molar-refractivity contribution in [1.82, 2.24) is 9.78 Å². The van der Waals surface area contributed by atoms with Gasteiger partial charge in [0.25, 0.3) is 5.91 Å². The maximum absolute atomic E-state index is 14.6. The highest BCUT2D eigenvalue weighted by molar-refractivity contribution is 6.06. The molecule has 1 amide bonds. The second kappa shape index (κ2) is 9.50. The average molecular weight is 483 g/mol. The normalized spacial score (nSPS) is 11.0. The highest BCUT2D eigenvalue weighted by Gasteiger charge is 2.21. The number of benzene rings is 3. The first-order valence-corrected chi connectivity index (χ1v) is 11.4. The van der Waals surface area contributed by atoms with Gasteiger partial charge in [0.15, 0.2) is 11.5 Å². The molecule has 0 aliphatic rings. The second-order valence-corrected chi connectivity index (χ2v) is 8.09. The fourth-order valence-electron chi connectivity index (χ4n) is 4.03. The van der Waals surface area contributed by atoms with Crippen molar-refractivity contribution in [2.75, 3.05) is 11.9 Å². The van der Waals surface area contributed by atoms with Gasteiger partial charge < -0.3 is 14.5 Å². The summed E-state index contributed by atoms with van der Waals surface area (Å²) in [5, 5.41) is 8.04. The van der Waals surface area contributed by atoms with Crippen molar-refractivity contribution in [3.8, 4) is 16.9 Å². The molecular formula is C28H22FN3O4. The molecule has 2 aromatic heterocycles. The molecule has 0 spiro atoms. The number of anilines is 1. The van der Waals surface area contributed by atoms with Gasteiger partial charge in [-0.1, -0.05) is 42.5 Å². The van der Waals surface area contributed by atoms with Crippen LogP contribution in [-0.4, -0.2) is 28.3 Å². The smallest absolute Gasteiger partial charge is 0.358 e. The summed E-state index contributed by atoms with van der Waals surface area (Å²) in [5.41, 5.74) is 3.17. The third-order valence-corrected chi connectivity index (χ3v) is 5.74. The number of rotatable bonds is 6. The zero-order chi connectivity index (χ0) is 25.2. The van der Waals surface area contributed by atoms with Crippen LogP contribution in [-0.2, 0) is 4.74 Å². The number of halogens is 1. The molecule has 0 saturated carbocycles. The highest BCUT2D eigenvalue weighted by Crippen LogP contribution is 2.29. The molecule has 36 heavy (non-hydrogen) atoms. The van der Waals surface area contributed by atoms with Gasteiger partial charge in [0, 0.05) is 22.2 Å². The van der Waals surface area contributed by atoms with Crippen LogP contribution in [0.2, 0.25) is 0 Å². The number of nitrogens with zero attached hydrogens (tertiary/aromatic N) is 2. The Kier molecular flexibility index (Phi) is 6.08. The summed E-state index contributed by atoms with van der Waals surface area (Å²) in [6, 6.07) is 22.1. The third kappa shape index (κ3) is 4.24. The van der Waals surface area contributed by atoms with Gasteiger partial charge in [-0.05, 0) is 50.2 Å². The van der Waals surface area contributed by atoms with Crippen LogP contribution in [0, 0.1) is 12.7 Å². The largest absolute Gasteiger partial charge is 0.461 e. The number of furan rings is 1. The molecule has 0 bridgehead atoms. The van der Waals surface area contributed by atoms with Crippen molar-refractivity contribution in [2.24, 2.45) is 0 Å². The number of aromatic nitrogens is 2. The number of carbonyl (C=O) groups excluding carboxylic acids is 2. The lowest BCUT2D eigenvalue weighted by Gasteiger charge is -2.10. The van der Waals surface area contributed by atoms with E-state index in [0.717, 1.165) is 10.9 Å². The van der Waals surface area contributed by atoms with E-state index in [2.05, 4.69) is 10.4 Å². The number of fused-ring (bicyclic) bond motifs is 1. The van der Waals surface area contributed by atoms with Crippen LogP contribution in [0.3, 0.4) is 0 Å². The van der Waals surface area contributed by atoms with Gasteiger partial charge in [-0.3, -0.25) is 4.79 Å². The summed E-state index contributed by atoms with van der Waals surface area (Å²) >= 11 is 0. The highest BCUT2D eigenvalue weighted by atomic mass is 19.1. The minimum atomic E-state index is -0.612. The lowest BCUT2D eigenvalue weighted by molar-refractivity contribution is 0.0518. The third-order valence-electron chi connectivity index (χ3n) is 5.74. The molecule has 7 nitrogen and oxygen atoms in total. The van der Waals surface area contributed by atoms with E-state index in [-0.39, 0.29) is 23.7 Å². The molecule has 0 radical (unpaired) electrons. The Morgan fingerprint density at radius 1 is 1.03 bits per heavy atom. The fourth-order valence-corrected chi connectivity index (χ4v) is 4.03. The molecule has 3 aromatic carbocycles. The van der Waals surface area contributed by atoms with Gasteiger partial charge in [0.05, 0.1) is 12.3 Å². The van der Waals surface area contributed by atoms with Crippen molar-refractivity contribution in [2.45, 2.75) is 13.8 Å². The van der Waals surface area contributed by atoms with Gasteiger partial charge in [0.2, 0.25) is 0 Å². The predicted molar refractivity (Wildman–Crippen MR) is 134 cm³/mol. The fraction of sp³-hybridized carbons (Fsp3) is 0.107. The van der Waals surface area contributed by atoms with E-state index >= 15 is 0 Å². The van der Waals surface area contributed by atoms with Crippen LogP contribution >= 0.6 is 0 Å². The van der Waals surface area contributed by atoms with Gasteiger partial charge in [-0.15, -0.1) is 0 Å². The molecule has 0 aliphatic carbocycles. The van der Waals surface area contributed by atoms with Crippen LogP contribution in [0.1, 0.15) is 33.5 Å². The predicted octanol–water partition coefficient (Wildman–Crippen LogP) is 6.16. The van der Waals surface area contributed by atoms with Crippen molar-refractivity contribution in [1.29, 1.82) is 0 Å². The first kappa shape index (κ1) is 23.0. The van der Waals surface area contributed by atoms with Crippen LogP contribution < -0.4 is 5.32 Å². The first-order valence-electron chi connectivity index (χ1n) is 11.4. The number of aryl methyl sites for hydroxylation is 1. The van der Waals surface area contributed by atoms with Crippen LogP contribution in [0.15, 0.2) is 83.3 Å². The zero-order valence-electron chi connectivity index (χ0n) is 19.6. The lowest BCUT2D eigenvalue weighted by atomic mass is 10.1. The number of ether oxygens (including phenoxy) is 1. The molecule has 1 N–H and O–H groups in total. The Labute approximate surface area is 206 Å².